The number of nitrogens with one attached hydrogen (secondary N) is 2. The molecule has 0 saturated heterocycles. The predicted octanol–water partition coefficient (Wildman–Crippen LogP) is -0.104. The van der Waals surface area contributed by atoms with Crippen LogP contribution in [-0.2, 0) is 9.59 Å². The van der Waals surface area contributed by atoms with E-state index in [4.69, 9.17) is 11.6 Å². The molecule has 98 valence electrons. The third-order valence-electron chi connectivity index (χ3n) is 2.39. The Kier molecular flexibility index (Phi) is 5.61. The van der Waals surface area contributed by atoms with Gasteiger partial charge in [0, 0.05) is 17.8 Å². The summed E-state index contributed by atoms with van der Waals surface area (Å²) in [5.74, 6) is -0.278. The molecule has 0 fully saturated rings. The number of hydrogen-bond donors (Lipinski definition) is 3. The number of aryl methyl sites for hydroxylation is 1. The van der Waals surface area contributed by atoms with Gasteiger partial charge in [0.2, 0.25) is 0 Å². The summed E-state index contributed by atoms with van der Waals surface area (Å²) in [5, 5.41) is 7.44. The second-order valence-corrected chi connectivity index (χ2v) is 4.29. The maximum absolute atomic E-state index is 11.6. The van der Waals surface area contributed by atoms with E-state index in [0.717, 1.165) is 5.56 Å². The number of carbonyl (C=O) groups is 2. The van der Waals surface area contributed by atoms with Crippen molar-refractivity contribution >= 4 is 29.1 Å². The van der Waals surface area contributed by atoms with E-state index in [9.17, 15) is 9.59 Å². The molecule has 0 bridgehead atoms. The van der Waals surface area contributed by atoms with Crippen molar-refractivity contribution in [1.82, 2.24) is 5.32 Å². The van der Waals surface area contributed by atoms with E-state index in [1.165, 1.54) is 0 Å². The van der Waals surface area contributed by atoms with Gasteiger partial charge in [-0.15, -0.1) is 0 Å². The van der Waals surface area contributed by atoms with Gasteiger partial charge in [-0.05, 0) is 24.6 Å². The molecular weight excluding hydrogens is 254 g/mol. The Morgan fingerprint density at radius 3 is 2.56 bits per heavy atom. The number of benzene rings is 1. The summed E-state index contributed by atoms with van der Waals surface area (Å²) in [6.45, 7) is 2.32. The van der Waals surface area contributed by atoms with E-state index in [2.05, 4.69) is 10.6 Å². The number of carbonyl (C=O) groups excluding carboxylic acids is 2. The molecule has 2 amide bonds. The van der Waals surface area contributed by atoms with Gasteiger partial charge >= 0.3 is 0 Å². The summed E-state index contributed by atoms with van der Waals surface area (Å²) in [5.41, 5.74) is 1.62. The number of nitrogens with two attached hydrogens (primary N) is 1. The Bertz CT molecular complexity index is 449. The van der Waals surface area contributed by atoms with Crippen LogP contribution in [0.1, 0.15) is 5.56 Å². The van der Waals surface area contributed by atoms with Crippen LogP contribution < -0.4 is 16.0 Å². The molecule has 1 aromatic carbocycles. The third kappa shape index (κ3) is 4.73. The van der Waals surface area contributed by atoms with Gasteiger partial charge in [0.25, 0.3) is 11.8 Å². The second kappa shape index (κ2) is 6.98. The SMILES string of the molecule is CNC(=O)C[NH2+]CC(=O)Nc1ccc(C)c(Cl)c1. The average Bonchev–Trinajstić information content (AvgIpc) is 2.33. The van der Waals surface area contributed by atoms with Crippen molar-refractivity contribution < 1.29 is 14.9 Å². The highest BCUT2D eigenvalue weighted by atomic mass is 35.5. The van der Waals surface area contributed by atoms with Crippen LogP contribution in [0.3, 0.4) is 0 Å². The first-order chi connectivity index (χ1) is 8.52. The molecule has 0 aliphatic rings. The fraction of sp³-hybridized carbons (Fsp3) is 0.333. The molecule has 0 aliphatic heterocycles. The van der Waals surface area contributed by atoms with Crippen molar-refractivity contribution in [1.29, 1.82) is 0 Å². The van der Waals surface area contributed by atoms with Gasteiger partial charge < -0.3 is 16.0 Å². The lowest BCUT2D eigenvalue weighted by atomic mass is 10.2. The van der Waals surface area contributed by atoms with Gasteiger partial charge in [-0.1, -0.05) is 17.7 Å². The molecule has 0 spiro atoms. The smallest absolute Gasteiger partial charge is 0.279 e. The van der Waals surface area contributed by atoms with Crippen molar-refractivity contribution in [2.75, 3.05) is 25.5 Å². The van der Waals surface area contributed by atoms with Crippen LogP contribution in [0, 0.1) is 6.92 Å². The van der Waals surface area contributed by atoms with E-state index >= 15 is 0 Å². The fourth-order valence-corrected chi connectivity index (χ4v) is 1.50. The van der Waals surface area contributed by atoms with Crippen molar-refractivity contribution in [2.24, 2.45) is 0 Å². The van der Waals surface area contributed by atoms with Crippen LogP contribution >= 0.6 is 11.6 Å². The van der Waals surface area contributed by atoms with E-state index in [1.54, 1.807) is 24.5 Å². The van der Waals surface area contributed by atoms with Crippen LogP contribution in [0.5, 0.6) is 0 Å². The van der Waals surface area contributed by atoms with Crippen molar-refractivity contribution in [3.63, 3.8) is 0 Å². The molecule has 0 aliphatic carbocycles. The molecule has 0 unspecified atom stereocenters. The quantitative estimate of drug-likeness (QED) is 0.699. The van der Waals surface area contributed by atoms with Gasteiger partial charge in [-0.2, -0.15) is 0 Å². The number of anilines is 1. The Labute approximate surface area is 111 Å². The number of amides is 2. The van der Waals surface area contributed by atoms with Crippen molar-refractivity contribution in [3.05, 3.63) is 28.8 Å². The van der Waals surface area contributed by atoms with Crippen LogP contribution in [0.15, 0.2) is 18.2 Å². The first-order valence-corrected chi connectivity index (χ1v) is 5.99. The summed E-state index contributed by atoms with van der Waals surface area (Å²) in [4.78, 5) is 22.5. The highest BCUT2D eigenvalue weighted by molar-refractivity contribution is 6.31. The Morgan fingerprint density at radius 1 is 1.28 bits per heavy atom. The van der Waals surface area contributed by atoms with Crippen LogP contribution in [0.25, 0.3) is 0 Å². The van der Waals surface area contributed by atoms with E-state index in [1.807, 2.05) is 13.0 Å². The largest absolute Gasteiger partial charge is 0.354 e. The zero-order valence-corrected chi connectivity index (χ0v) is 11.2. The molecule has 1 aromatic rings. The van der Waals surface area contributed by atoms with Crippen LogP contribution in [-0.4, -0.2) is 32.0 Å². The summed E-state index contributed by atoms with van der Waals surface area (Å²) in [6, 6.07) is 5.33. The zero-order chi connectivity index (χ0) is 13.5. The third-order valence-corrected chi connectivity index (χ3v) is 2.80. The highest BCUT2D eigenvalue weighted by Gasteiger charge is 2.07. The molecule has 0 heterocycles. The minimum Gasteiger partial charge on any atom is -0.354 e. The number of quaternary nitrogens is 1. The molecule has 0 atom stereocenters. The van der Waals surface area contributed by atoms with Gasteiger partial charge in [-0.25, -0.2) is 0 Å². The zero-order valence-electron chi connectivity index (χ0n) is 10.4. The summed E-state index contributed by atoms with van der Waals surface area (Å²) >= 11 is 5.95. The summed E-state index contributed by atoms with van der Waals surface area (Å²) < 4.78 is 0. The van der Waals surface area contributed by atoms with Crippen molar-refractivity contribution in [3.8, 4) is 0 Å². The molecule has 1 rings (SSSR count). The monoisotopic (exact) mass is 270 g/mol. The molecule has 0 saturated carbocycles. The normalized spacial score (nSPS) is 9.94. The lowest BCUT2D eigenvalue weighted by molar-refractivity contribution is -0.632. The molecule has 4 N–H and O–H groups in total. The van der Waals surface area contributed by atoms with Gasteiger partial charge in [-0.3, -0.25) is 9.59 Å². The topological polar surface area (TPSA) is 74.8 Å². The van der Waals surface area contributed by atoms with E-state index in [0.29, 0.717) is 10.7 Å². The molecule has 18 heavy (non-hydrogen) atoms. The molecular formula is C12H17ClN3O2+. The average molecular weight is 271 g/mol. The molecule has 0 radical (unpaired) electrons. The molecule has 0 aromatic heterocycles. The highest BCUT2D eigenvalue weighted by Crippen LogP contribution is 2.19. The summed E-state index contributed by atoms with van der Waals surface area (Å²) in [6.07, 6.45) is 0. The van der Waals surface area contributed by atoms with Gasteiger partial charge in [0.1, 0.15) is 0 Å². The number of rotatable bonds is 5. The first kappa shape index (κ1) is 14.5. The first-order valence-electron chi connectivity index (χ1n) is 5.61. The van der Waals surface area contributed by atoms with Crippen LogP contribution in [0.2, 0.25) is 5.02 Å². The minimum atomic E-state index is -0.168. The lowest BCUT2D eigenvalue weighted by Gasteiger charge is -2.06. The van der Waals surface area contributed by atoms with Gasteiger partial charge in [0.05, 0.1) is 0 Å². The van der Waals surface area contributed by atoms with E-state index < -0.39 is 0 Å². The predicted molar refractivity (Wildman–Crippen MR) is 70.5 cm³/mol. The maximum Gasteiger partial charge on any atom is 0.279 e. The summed E-state index contributed by atoms with van der Waals surface area (Å²) in [7, 11) is 1.56. The number of halogens is 1. The lowest BCUT2D eigenvalue weighted by Crippen LogP contribution is -2.88. The Morgan fingerprint density at radius 2 is 1.94 bits per heavy atom. The standard InChI is InChI=1S/C12H16ClN3O2/c1-8-3-4-9(5-10(8)13)16-12(18)7-15-6-11(17)14-2/h3-5,15H,6-7H2,1-2H3,(H,14,17)(H,16,18)/p+1. The van der Waals surface area contributed by atoms with Crippen LogP contribution in [0.4, 0.5) is 5.69 Å². The maximum atomic E-state index is 11.6. The molecule has 5 nitrogen and oxygen atoms in total. The minimum absolute atomic E-state index is 0.110. The van der Waals surface area contributed by atoms with E-state index in [-0.39, 0.29) is 24.9 Å². The number of likely N-dealkylation sites (N-methyl/N-ethyl adjacent to an activating group) is 1. The van der Waals surface area contributed by atoms with Crippen molar-refractivity contribution in [2.45, 2.75) is 6.92 Å². The Balaban J connectivity index is 2.40. The molecule has 6 heteroatoms. The Hall–Kier alpha value is -1.59. The van der Waals surface area contributed by atoms with Gasteiger partial charge in [0.15, 0.2) is 13.1 Å². The number of hydrogen-bond acceptors (Lipinski definition) is 2. The second-order valence-electron chi connectivity index (χ2n) is 3.88. The fourth-order valence-electron chi connectivity index (χ4n) is 1.32.